The van der Waals surface area contributed by atoms with Crippen LogP contribution in [0.4, 0.5) is 0 Å². The van der Waals surface area contributed by atoms with E-state index in [2.05, 4.69) is 48.0 Å². The summed E-state index contributed by atoms with van der Waals surface area (Å²) in [5.74, 6) is 0. The summed E-state index contributed by atoms with van der Waals surface area (Å²) in [5.41, 5.74) is 6.30. The molecule has 0 nitrogen and oxygen atoms in total. The standard InChI is InChI=1S/C15H19Br/c1-3-6-11-10-12-8-5-9-14(16)15(12)13(11)7-4-2/h5,8-9H,3-4,6-7,10H2,1-2H3. The average Bonchev–Trinajstić information content (AvgIpc) is 2.59. The number of hydrogen-bond acceptors (Lipinski definition) is 0. The zero-order chi connectivity index (χ0) is 11.5. The summed E-state index contributed by atoms with van der Waals surface area (Å²) in [6.07, 6.45) is 6.16. The lowest BCUT2D eigenvalue weighted by Crippen LogP contribution is -1.86. The van der Waals surface area contributed by atoms with Gasteiger partial charge >= 0.3 is 0 Å². The summed E-state index contributed by atoms with van der Waals surface area (Å²) in [7, 11) is 0. The molecule has 0 atom stereocenters. The molecule has 0 fully saturated rings. The summed E-state index contributed by atoms with van der Waals surface area (Å²) in [6, 6.07) is 6.60. The zero-order valence-electron chi connectivity index (χ0n) is 10.1. The number of hydrogen-bond donors (Lipinski definition) is 0. The lowest BCUT2D eigenvalue weighted by Gasteiger charge is -2.08. The molecule has 0 saturated heterocycles. The Morgan fingerprint density at radius 3 is 2.56 bits per heavy atom. The molecule has 0 saturated carbocycles. The van der Waals surface area contributed by atoms with Crippen molar-refractivity contribution in [3.8, 4) is 0 Å². The largest absolute Gasteiger partial charge is 0.0651 e. The molecule has 86 valence electrons. The van der Waals surface area contributed by atoms with Crippen molar-refractivity contribution in [3.05, 3.63) is 39.4 Å². The molecule has 0 unspecified atom stereocenters. The van der Waals surface area contributed by atoms with E-state index in [0.29, 0.717) is 0 Å². The van der Waals surface area contributed by atoms with Gasteiger partial charge in [-0.3, -0.25) is 0 Å². The van der Waals surface area contributed by atoms with Crippen LogP contribution >= 0.6 is 15.9 Å². The highest BCUT2D eigenvalue weighted by Gasteiger charge is 2.21. The van der Waals surface area contributed by atoms with Gasteiger partial charge < -0.3 is 0 Å². The summed E-state index contributed by atoms with van der Waals surface area (Å²) in [4.78, 5) is 0. The fourth-order valence-corrected chi connectivity index (χ4v) is 3.31. The van der Waals surface area contributed by atoms with Crippen molar-refractivity contribution < 1.29 is 0 Å². The second-order valence-corrected chi connectivity index (χ2v) is 5.39. The van der Waals surface area contributed by atoms with Crippen LogP contribution in [-0.4, -0.2) is 0 Å². The van der Waals surface area contributed by atoms with E-state index in [4.69, 9.17) is 0 Å². The van der Waals surface area contributed by atoms with E-state index in [9.17, 15) is 0 Å². The Morgan fingerprint density at radius 1 is 1.12 bits per heavy atom. The van der Waals surface area contributed by atoms with Gasteiger partial charge in [-0.15, -0.1) is 0 Å². The molecular formula is C15H19Br. The fourth-order valence-electron chi connectivity index (χ4n) is 2.66. The van der Waals surface area contributed by atoms with Gasteiger partial charge in [0.2, 0.25) is 0 Å². The molecule has 1 aliphatic rings. The summed E-state index contributed by atoms with van der Waals surface area (Å²) < 4.78 is 1.28. The van der Waals surface area contributed by atoms with Gasteiger partial charge in [0.1, 0.15) is 0 Å². The molecule has 1 heteroatoms. The Hall–Kier alpha value is -0.560. The predicted octanol–water partition coefficient (Wildman–Crippen LogP) is 5.36. The van der Waals surface area contributed by atoms with Crippen molar-refractivity contribution in [2.45, 2.75) is 46.0 Å². The Balaban J connectivity index is 2.43. The normalized spacial score (nSPS) is 14.4. The van der Waals surface area contributed by atoms with Gasteiger partial charge in [-0.25, -0.2) is 0 Å². The zero-order valence-corrected chi connectivity index (χ0v) is 11.7. The van der Waals surface area contributed by atoms with E-state index in [1.807, 2.05) is 0 Å². The third-order valence-corrected chi connectivity index (χ3v) is 3.94. The molecule has 0 bridgehead atoms. The van der Waals surface area contributed by atoms with Gasteiger partial charge in [0.25, 0.3) is 0 Å². The van der Waals surface area contributed by atoms with Crippen molar-refractivity contribution >= 4 is 21.5 Å². The first-order valence-corrected chi connectivity index (χ1v) is 7.05. The predicted molar refractivity (Wildman–Crippen MR) is 74.6 cm³/mol. The third-order valence-electron chi connectivity index (χ3n) is 3.28. The van der Waals surface area contributed by atoms with Crippen molar-refractivity contribution in [2.24, 2.45) is 0 Å². The van der Waals surface area contributed by atoms with Crippen LogP contribution < -0.4 is 0 Å². The minimum absolute atomic E-state index is 1.18. The molecule has 0 heterocycles. The van der Waals surface area contributed by atoms with Gasteiger partial charge in [-0.1, -0.05) is 60.3 Å². The van der Waals surface area contributed by atoms with Crippen LogP contribution in [0.3, 0.4) is 0 Å². The monoisotopic (exact) mass is 278 g/mol. The first-order valence-electron chi connectivity index (χ1n) is 6.26. The Kier molecular flexibility index (Phi) is 3.86. The second-order valence-electron chi connectivity index (χ2n) is 4.53. The van der Waals surface area contributed by atoms with Crippen LogP contribution in [0, 0.1) is 0 Å². The lowest BCUT2D eigenvalue weighted by atomic mass is 9.99. The van der Waals surface area contributed by atoms with Crippen LogP contribution in [0.15, 0.2) is 28.2 Å². The molecule has 0 amide bonds. The molecule has 1 aromatic rings. The van der Waals surface area contributed by atoms with Gasteiger partial charge in [0, 0.05) is 4.47 Å². The van der Waals surface area contributed by atoms with E-state index < -0.39 is 0 Å². The van der Waals surface area contributed by atoms with Crippen LogP contribution in [0.25, 0.3) is 5.57 Å². The maximum Gasteiger partial charge on any atom is 0.0253 e. The number of allylic oxidation sites excluding steroid dienone is 2. The molecule has 0 N–H and O–H groups in total. The SMILES string of the molecule is CCCC1=C(CCC)c2c(Br)cccc2C1. The molecule has 0 aromatic heterocycles. The molecule has 16 heavy (non-hydrogen) atoms. The van der Waals surface area contributed by atoms with Crippen LogP contribution in [0.5, 0.6) is 0 Å². The minimum Gasteiger partial charge on any atom is -0.0651 e. The van der Waals surface area contributed by atoms with Crippen LogP contribution in [-0.2, 0) is 6.42 Å². The van der Waals surface area contributed by atoms with Gasteiger partial charge in [0.15, 0.2) is 0 Å². The number of halogens is 1. The van der Waals surface area contributed by atoms with Crippen molar-refractivity contribution in [3.63, 3.8) is 0 Å². The van der Waals surface area contributed by atoms with Gasteiger partial charge in [-0.05, 0) is 42.0 Å². The number of benzene rings is 1. The fraction of sp³-hybridized carbons (Fsp3) is 0.467. The first kappa shape index (κ1) is 11.9. The van der Waals surface area contributed by atoms with E-state index in [1.54, 1.807) is 11.1 Å². The summed E-state index contributed by atoms with van der Waals surface area (Å²) >= 11 is 3.70. The maximum atomic E-state index is 3.70. The van der Waals surface area contributed by atoms with Crippen molar-refractivity contribution in [1.29, 1.82) is 0 Å². The van der Waals surface area contributed by atoms with Gasteiger partial charge in [-0.2, -0.15) is 0 Å². The highest BCUT2D eigenvalue weighted by Crippen LogP contribution is 2.41. The van der Waals surface area contributed by atoms with E-state index in [-0.39, 0.29) is 0 Å². The van der Waals surface area contributed by atoms with E-state index >= 15 is 0 Å². The smallest absolute Gasteiger partial charge is 0.0253 e. The highest BCUT2D eigenvalue weighted by atomic mass is 79.9. The molecule has 2 rings (SSSR count). The van der Waals surface area contributed by atoms with Crippen LogP contribution in [0.2, 0.25) is 0 Å². The second kappa shape index (κ2) is 5.18. The lowest BCUT2D eigenvalue weighted by molar-refractivity contribution is 0.871. The topological polar surface area (TPSA) is 0 Å². The molecule has 0 aliphatic heterocycles. The Morgan fingerprint density at radius 2 is 1.88 bits per heavy atom. The maximum absolute atomic E-state index is 3.70. The Labute approximate surface area is 107 Å². The van der Waals surface area contributed by atoms with E-state index in [1.165, 1.54) is 47.7 Å². The summed E-state index contributed by atoms with van der Waals surface area (Å²) in [6.45, 7) is 4.54. The highest BCUT2D eigenvalue weighted by molar-refractivity contribution is 9.10. The molecule has 1 aromatic carbocycles. The first-order chi connectivity index (χ1) is 7.77. The van der Waals surface area contributed by atoms with Crippen molar-refractivity contribution in [2.75, 3.05) is 0 Å². The molecule has 1 aliphatic carbocycles. The minimum atomic E-state index is 1.18. The number of rotatable bonds is 4. The average molecular weight is 279 g/mol. The molecule has 0 spiro atoms. The molecular weight excluding hydrogens is 260 g/mol. The van der Waals surface area contributed by atoms with Crippen molar-refractivity contribution in [1.82, 2.24) is 0 Å². The van der Waals surface area contributed by atoms with Crippen LogP contribution in [0.1, 0.15) is 50.7 Å². The third kappa shape index (κ3) is 2.10. The van der Waals surface area contributed by atoms with E-state index in [0.717, 1.165) is 0 Å². The summed E-state index contributed by atoms with van der Waals surface area (Å²) in [5, 5.41) is 0. The Bertz CT molecular complexity index is 415. The number of fused-ring (bicyclic) bond motifs is 1. The van der Waals surface area contributed by atoms with Gasteiger partial charge in [0.05, 0.1) is 0 Å². The quantitative estimate of drug-likeness (QED) is 0.696. The molecule has 0 radical (unpaired) electrons.